The highest BCUT2D eigenvalue weighted by Gasteiger charge is 2.43. The van der Waals surface area contributed by atoms with Crippen molar-refractivity contribution in [3.63, 3.8) is 0 Å². The van der Waals surface area contributed by atoms with Crippen LogP contribution in [0.25, 0.3) is 0 Å². The van der Waals surface area contributed by atoms with Crippen molar-refractivity contribution < 1.29 is 41.8 Å². The minimum Gasteiger partial charge on any atom is -0.445 e. The molecule has 0 fully saturated rings. The molecule has 0 spiro atoms. The van der Waals surface area contributed by atoms with Crippen LogP contribution in [0.3, 0.4) is 0 Å². The SMILES string of the molecule is COCO[C@H]([C@H](O)[C@H]1[C@@H](CO)CC=C[C@H]1NC(=O)OCc1ccccc1)[C@@H](C)OS(C)(=O)=O. The fourth-order valence-corrected chi connectivity index (χ4v) is 4.58. The summed E-state index contributed by atoms with van der Waals surface area (Å²) in [6, 6.07) is 8.46. The van der Waals surface area contributed by atoms with Gasteiger partial charge in [-0.2, -0.15) is 8.42 Å². The Balaban J connectivity index is 2.17. The van der Waals surface area contributed by atoms with E-state index >= 15 is 0 Å². The van der Waals surface area contributed by atoms with Gasteiger partial charge in [0, 0.05) is 19.6 Å². The second-order valence-corrected chi connectivity index (χ2v) is 9.55. The molecule has 186 valence electrons. The fraction of sp³-hybridized carbons (Fsp3) is 0.591. The highest BCUT2D eigenvalue weighted by atomic mass is 32.2. The molecule has 1 aromatic carbocycles. The number of amides is 1. The maximum absolute atomic E-state index is 12.4. The van der Waals surface area contributed by atoms with E-state index in [1.54, 1.807) is 12.2 Å². The zero-order chi connectivity index (χ0) is 24.4. The summed E-state index contributed by atoms with van der Waals surface area (Å²) in [5.74, 6) is -1.14. The van der Waals surface area contributed by atoms with Gasteiger partial charge < -0.3 is 29.7 Å². The molecule has 33 heavy (non-hydrogen) atoms. The van der Waals surface area contributed by atoms with E-state index in [-0.39, 0.29) is 20.0 Å². The fourth-order valence-electron chi connectivity index (χ4n) is 3.92. The third-order valence-corrected chi connectivity index (χ3v) is 6.02. The topological polar surface area (TPSA) is 141 Å². The van der Waals surface area contributed by atoms with Gasteiger partial charge in [0.1, 0.15) is 25.6 Å². The zero-order valence-corrected chi connectivity index (χ0v) is 19.8. The minimum atomic E-state index is -3.83. The molecule has 1 amide bonds. The normalized spacial score (nSPS) is 23.5. The number of ether oxygens (including phenoxy) is 3. The highest BCUT2D eigenvalue weighted by molar-refractivity contribution is 7.86. The second-order valence-electron chi connectivity index (χ2n) is 7.95. The number of aliphatic hydroxyl groups excluding tert-OH is 2. The third-order valence-electron chi connectivity index (χ3n) is 5.37. The van der Waals surface area contributed by atoms with E-state index in [4.69, 9.17) is 18.4 Å². The van der Waals surface area contributed by atoms with Gasteiger partial charge in [0.25, 0.3) is 10.1 Å². The number of aliphatic hydroxyl groups is 2. The van der Waals surface area contributed by atoms with Crippen LogP contribution in [0.1, 0.15) is 18.9 Å². The van der Waals surface area contributed by atoms with Crippen molar-refractivity contribution in [3.05, 3.63) is 48.0 Å². The number of benzene rings is 1. The van der Waals surface area contributed by atoms with Crippen LogP contribution < -0.4 is 5.32 Å². The molecule has 0 saturated heterocycles. The molecule has 0 aromatic heterocycles. The molecule has 1 aromatic rings. The van der Waals surface area contributed by atoms with Gasteiger partial charge in [-0.1, -0.05) is 42.5 Å². The first kappa shape index (κ1) is 27.2. The Bertz CT molecular complexity index is 862. The van der Waals surface area contributed by atoms with E-state index in [1.807, 2.05) is 30.3 Å². The average Bonchev–Trinajstić information content (AvgIpc) is 2.77. The highest BCUT2D eigenvalue weighted by Crippen LogP contribution is 2.32. The van der Waals surface area contributed by atoms with E-state index in [0.29, 0.717) is 6.42 Å². The number of nitrogens with one attached hydrogen (secondary N) is 1. The molecule has 1 aliphatic carbocycles. The molecular formula is C22H33NO9S. The molecule has 0 radical (unpaired) electrons. The lowest BCUT2D eigenvalue weighted by atomic mass is 9.74. The van der Waals surface area contributed by atoms with Gasteiger partial charge in [0.05, 0.1) is 18.4 Å². The molecule has 2 rings (SSSR count). The molecule has 1 aliphatic rings. The minimum absolute atomic E-state index is 0.0680. The standard InChI is InChI=1S/C22H33NO9S/c1-15(32-33(3,27)28)21(31-14-29-2)20(25)19-17(12-24)10-7-11-18(19)23-22(26)30-13-16-8-5-4-6-9-16/h4-9,11,15,17-21,24-25H,10,12-14H2,1-3H3,(H,23,26)/t15-,17-,18-,19+,20-,21+/m1/s1. The lowest BCUT2D eigenvalue weighted by Gasteiger charge is -2.41. The predicted molar refractivity (Wildman–Crippen MR) is 120 cm³/mol. The lowest BCUT2D eigenvalue weighted by Crippen LogP contribution is -2.55. The van der Waals surface area contributed by atoms with Gasteiger partial charge in [-0.05, 0) is 24.8 Å². The Labute approximate surface area is 194 Å². The third kappa shape index (κ3) is 8.69. The van der Waals surface area contributed by atoms with Crippen molar-refractivity contribution in [1.29, 1.82) is 0 Å². The number of methoxy groups -OCH3 is 1. The van der Waals surface area contributed by atoms with Crippen molar-refractivity contribution in [2.45, 2.75) is 44.3 Å². The Morgan fingerprint density at radius 1 is 1.27 bits per heavy atom. The molecule has 0 bridgehead atoms. The number of alkyl carbamates (subject to hydrolysis) is 1. The van der Waals surface area contributed by atoms with Crippen LogP contribution in [-0.2, 0) is 35.1 Å². The zero-order valence-electron chi connectivity index (χ0n) is 19.0. The van der Waals surface area contributed by atoms with E-state index in [1.165, 1.54) is 14.0 Å². The van der Waals surface area contributed by atoms with E-state index in [2.05, 4.69) is 5.32 Å². The van der Waals surface area contributed by atoms with Crippen LogP contribution in [-0.4, -0.2) is 75.8 Å². The number of allylic oxidation sites excluding steroid dienone is 1. The van der Waals surface area contributed by atoms with E-state index in [9.17, 15) is 23.4 Å². The average molecular weight is 488 g/mol. The summed E-state index contributed by atoms with van der Waals surface area (Å²) in [6.45, 7) is 1.04. The largest absolute Gasteiger partial charge is 0.445 e. The molecule has 0 saturated carbocycles. The lowest BCUT2D eigenvalue weighted by molar-refractivity contribution is -0.161. The van der Waals surface area contributed by atoms with Crippen LogP contribution in [0.5, 0.6) is 0 Å². The Morgan fingerprint density at radius 3 is 2.58 bits per heavy atom. The predicted octanol–water partition coefficient (Wildman–Crippen LogP) is 1.18. The number of hydrogen-bond acceptors (Lipinski definition) is 9. The van der Waals surface area contributed by atoms with Crippen LogP contribution >= 0.6 is 0 Å². The molecule has 6 atom stereocenters. The molecule has 0 unspecified atom stereocenters. The number of carbonyl (C=O) groups excluding carboxylic acids is 1. The molecule has 11 heteroatoms. The molecule has 0 heterocycles. The molecular weight excluding hydrogens is 454 g/mol. The van der Waals surface area contributed by atoms with Gasteiger partial charge in [-0.15, -0.1) is 0 Å². The number of carbonyl (C=O) groups is 1. The smallest absolute Gasteiger partial charge is 0.407 e. The Kier molecular flexibility index (Phi) is 10.7. The summed E-state index contributed by atoms with van der Waals surface area (Å²) in [5.41, 5.74) is 0.816. The van der Waals surface area contributed by atoms with Gasteiger partial charge in [-0.25, -0.2) is 4.79 Å². The Hall–Kier alpha value is -2.02. The van der Waals surface area contributed by atoms with Crippen molar-refractivity contribution in [1.82, 2.24) is 5.32 Å². The van der Waals surface area contributed by atoms with Crippen molar-refractivity contribution >= 4 is 16.2 Å². The van der Waals surface area contributed by atoms with Gasteiger partial charge in [0.15, 0.2) is 0 Å². The summed E-state index contributed by atoms with van der Waals surface area (Å²) in [4.78, 5) is 12.4. The monoisotopic (exact) mass is 487 g/mol. The quantitative estimate of drug-likeness (QED) is 0.225. The van der Waals surface area contributed by atoms with Gasteiger partial charge in [-0.3, -0.25) is 4.18 Å². The maximum atomic E-state index is 12.4. The van der Waals surface area contributed by atoms with E-state index < -0.39 is 52.4 Å². The summed E-state index contributed by atoms with van der Waals surface area (Å²) in [7, 11) is -2.44. The summed E-state index contributed by atoms with van der Waals surface area (Å²) in [5, 5.41) is 23.9. The van der Waals surface area contributed by atoms with Crippen LogP contribution in [0.2, 0.25) is 0 Å². The van der Waals surface area contributed by atoms with Crippen LogP contribution in [0, 0.1) is 11.8 Å². The molecule has 3 N–H and O–H groups in total. The van der Waals surface area contributed by atoms with Crippen LogP contribution in [0.4, 0.5) is 4.79 Å². The molecule has 0 aliphatic heterocycles. The first-order valence-corrected chi connectivity index (χ1v) is 12.4. The number of rotatable bonds is 12. The van der Waals surface area contributed by atoms with Gasteiger partial charge in [0.2, 0.25) is 0 Å². The van der Waals surface area contributed by atoms with Crippen molar-refractivity contribution in [3.8, 4) is 0 Å². The van der Waals surface area contributed by atoms with Crippen molar-refractivity contribution in [2.75, 3.05) is 26.8 Å². The number of hydrogen-bond donors (Lipinski definition) is 3. The maximum Gasteiger partial charge on any atom is 0.407 e. The summed E-state index contributed by atoms with van der Waals surface area (Å²) in [6.07, 6.45) is 0.685. The first-order chi connectivity index (χ1) is 15.7. The van der Waals surface area contributed by atoms with Gasteiger partial charge >= 0.3 is 6.09 Å². The van der Waals surface area contributed by atoms with Crippen molar-refractivity contribution in [2.24, 2.45) is 11.8 Å². The summed E-state index contributed by atoms with van der Waals surface area (Å²) < 4.78 is 44.0. The van der Waals surface area contributed by atoms with E-state index in [0.717, 1.165) is 11.8 Å². The Morgan fingerprint density at radius 2 is 1.97 bits per heavy atom. The first-order valence-electron chi connectivity index (χ1n) is 10.6. The second kappa shape index (κ2) is 13.0. The van der Waals surface area contributed by atoms with Crippen LogP contribution in [0.15, 0.2) is 42.5 Å². The molecule has 10 nitrogen and oxygen atoms in total. The summed E-state index contributed by atoms with van der Waals surface area (Å²) >= 11 is 0.